The Morgan fingerprint density at radius 3 is 2.27 bits per heavy atom. The molecule has 170 valence electrons. The number of nitrogens with zero attached hydrogens (tertiary/aromatic N) is 3. The fourth-order valence-electron chi connectivity index (χ4n) is 4.56. The number of carbonyl (C=O) groups is 2. The summed E-state index contributed by atoms with van der Waals surface area (Å²) in [6.07, 6.45) is 5.75. The summed E-state index contributed by atoms with van der Waals surface area (Å²) in [5, 5.41) is 6.24. The van der Waals surface area contributed by atoms with Gasteiger partial charge in [0.15, 0.2) is 5.96 Å². The van der Waals surface area contributed by atoms with Gasteiger partial charge >= 0.3 is 0 Å². The maximum absolute atomic E-state index is 12.7. The summed E-state index contributed by atoms with van der Waals surface area (Å²) in [5.74, 6) is 0.702. The quantitative estimate of drug-likeness (QED) is 0.106. The van der Waals surface area contributed by atoms with E-state index in [1.165, 1.54) is 9.21 Å². The van der Waals surface area contributed by atoms with Gasteiger partial charge < -0.3 is 10.6 Å². The second-order valence-electron chi connectivity index (χ2n) is 7.83. The maximum Gasteiger partial charge on any atom is 0.233 e. The third kappa shape index (κ3) is 4.98. The van der Waals surface area contributed by atoms with E-state index in [1.807, 2.05) is 0 Å². The molecule has 2 aliphatic carbocycles. The lowest BCUT2D eigenvalue weighted by atomic mass is 9.85. The summed E-state index contributed by atoms with van der Waals surface area (Å²) < 4.78 is 24.8. The average Bonchev–Trinajstić information content (AvgIpc) is 3.38. The molecule has 1 saturated carbocycles. The van der Waals surface area contributed by atoms with Gasteiger partial charge in [0, 0.05) is 40.3 Å². The Balaban J connectivity index is 0.00000320. The predicted molar refractivity (Wildman–Crippen MR) is 126 cm³/mol. The smallest absolute Gasteiger partial charge is 0.233 e. The van der Waals surface area contributed by atoms with Gasteiger partial charge in [-0.25, -0.2) is 12.7 Å². The van der Waals surface area contributed by atoms with Crippen LogP contribution in [-0.2, 0) is 19.6 Å². The highest BCUT2D eigenvalue weighted by atomic mass is 127. The van der Waals surface area contributed by atoms with Crippen molar-refractivity contribution in [3.05, 3.63) is 12.2 Å². The second-order valence-corrected chi connectivity index (χ2v) is 10.2. The molecule has 2 fully saturated rings. The molecule has 0 radical (unpaired) electrons. The van der Waals surface area contributed by atoms with Crippen LogP contribution in [0.25, 0.3) is 0 Å². The van der Waals surface area contributed by atoms with Gasteiger partial charge in [0.25, 0.3) is 0 Å². The van der Waals surface area contributed by atoms with Gasteiger partial charge in [-0.15, -0.1) is 24.0 Å². The molecule has 11 heteroatoms. The Bertz CT molecular complexity index is 786. The Labute approximate surface area is 195 Å². The van der Waals surface area contributed by atoms with Crippen molar-refractivity contribution in [2.75, 3.05) is 46.0 Å². The van der Waals surface area contributed by atoms with Gasteiger partial charge in [-0.1, -0.05) is 12.2 Å². The molecule has 30 heavy (non-hydrogen) atoms. The first-order valence-electron chi connectivity index (χ1n) is 10.2. The zero-order chi connectivity index (χ0) is 21.2. The summed E-state index contributed by atoms with van der Waals surface area (Å²) >= 11 is 0. The van der Waals surface area contributed by atoms with Crippen LogP contribution in [0.4, 0.5) is 0 Å². The summed E-state index contributed by atoms with van der Waals surface area (Å²) in [4.78, 5) is 30.8. The molecule has 4 atom stereocenters. The minimum absolute atomic E-state index is 0. The first-order valence-corrected chi connectivity index (χ1v) is 11.8. The number of hydrogen-bond acceptors (Lipinski definition) is 5. The number of fused-ring (bicyclic) bond motifs is 5. The Hall–Kier alpha value is -1.21. The van der Waals surface area contributed by atoms with E-state index in [0.29, 0.717) is 38.6 Å². The predicted octanol–water partition coefficient (Wildman–Crippen LogP) is 0.248. The first kappa shape index (κ1) is 25.1. The highest BCUT2D eigenvalue weighted by Gasteiger charge is 2.58. The number of nitrogens with one attached hydrogen (secondary N) is 2. The second kappa shape index (κ2) is 10.4. The largest absolute Gasteiger partial charge is 0.356 e. The number of guanidine groups is 1. The van der Waals surface area contributed by atoms with Crippen LogP contribution in [0.5, 0.6) is 0 Å². The van der Waals surface area contributed by atoms with Crippen LogP contribution in [0.1, 0.15) is 19.8 Å². The van der Waals surface area contributed by atoms with Crippen molar-refractivity contribution >= 4 is 51.8 Å². The summed E-state index contributed by atoms with van der Waals surface area (Å²) in [7, 11) is 0.0555. The van der Waals surface area contributed by atoms with Crippen molar-refractivity contribution in [3.8, 4) is 0 Å². The van der Waals surface area contributed by atoms with Crippen LogP contribution in [0.2, 0.25) is 0 Å². The van der Waals surface area contributed by atoms with Crippen LogP contribution in [0, 0.1) is 23.7 Å². The van der Waals surface area contributed by atoms with Crippen LogP contribution >= 0.6 is 24.0 Å². The minimum Gasteiger partial charge on any atom is -0.356 e. The van der Waals surface area contributed by atoms with E-state index in [-0.39, 0.29) is 65.2 Å². The van der Waals surface area contributed by atoms with Gasteiger partial charge in [-0.3, -0.25) is 19.5 Å². The molecule has 0 aromatic heterocycles. The lowest BCUT2D eigenvalue weighted by Gasteiger charge is -2.19. The molecular formula is C19H32IN5O4S. The Kier molecular flexibility index (Phi) is 8.69. The van der Waals surface area contributed by atoms with Crippen molar-refractivity contribution in [2.24, 2.45) is 28.7 Å². The normalized spacial score (nSPS) is 27.6. The number of rotatable bonds is 9. The minimum atomic E-state index is -3.16. The van der Waals surface area contributed by atoms with E-state index < -0.39 is 10.0 Å². The molecule has 3 aliphatic rings. The van der Waals surface area contributed by atoms with E-state index in [2.05, 4.69) is 27.8 Å². The zero-order valence-electron chi connectivity index (χ0n) is 17.7. The number of carbonyl (C=O) groups excluding carboxylic acids is 2. The highest BCUT2D eigenvalue weighted by molar-refractivity contribution is 14.0. The van der Waals surface area contributed by atoms with Crippen molar-refractivity contribution in [1.29, 1.82) is 0 Å². The molecule has 4 unspecified atom stereocenters. The van der Waals surface area contributed by atoms with Gasteiger partial charge in [-0.05, 0) is 31.6 Å². The number of allylic oxidation sites excluding steroid dienone is 2. The average molecular weight is 553 g/mol. The SMILES string of the molecule is CCS(=O)(=O)N(C)CCCNC(=NC)NCCN1C(=O)C2C3C=CC(C3)C2C1=O.I. The monoisotopic (exact) mass is 553 g/mol. The topological polar surface area (TPSA) is 111 Å². The molecule has 0 aromatic carbocycles. The van der Waals surface area contributed by atoms with Crippen LogP contribution < -0.4 is 10.6 Å². The number of imide groups is 1. The van der Waals surface area contributed by atoms with Gasteiger partial charge in [0.1, 0.15) is 0 Å². The number of aliphatic imine (C=N–C) groups is 1. The molecule has 1 saturated heterocycles. The molecule has 0 aromatic rings. The van der Waals surface area contributed by atoms with Gasteiger partial charge in [-0.2, -0.15) is 0 Å². The maximum atomic E-state index is 12.7. The fourth-order valence-corrected chi connectivity index (χ4v) is 5.41. The summed E-state index contributed by atoms with van der Waals surface area (Å²) in [6, 6.07) is 0. The highest BCUT2D eigenvalue weighted by Crippen LogP contribution is 2.52. The zero-order valence-corrected chi connectivity index (χ0v) is 20.9. The lowest BCUT2D eigenvalue weighted by Crippen LogP contribution is -2.44. The lowest BCUT2D eigenvalue weighted by molar-refractivity contribution is -0.140. The molecule has 2 N–H and O–H groups in total. The first-order chi connectivity index (χ1) is 13.8. The molecule has 9 nitrogen and oxygen atoms in total. The van der Waals surface area contributed by atoms with Crippen molar-refractivity contribution in [1.82, 2.24) is 19.8 Å². The summed E-state index contributed by atoms with van der Waals surface area (Å²) in [6.45, 7) is 3.35. The van der Waals surface area contributed by atoms with Crippen LogP contribution in [0.15, 0.2) is 17.1 Å². The molecule has 1 heterocycles. The molecular weight excluding hydrogens is 521 g/mol. The number of amides is 2. The molecule has 2 amide bonds. The number of halogens is 1. The Morgan fingerprint density at radius 1 is 1.17 bits per heavy atom. The van der Waals surface area contributed by atoms with Crippen molar-refractivity contribution in [3.63, 3.8) is 0 Å². The van der Waals surface area contributed by atoms with E-state index in [9.17, 15) is 18.0 Å². The van der Waals surface area contributed by atoms with Gasteiger partial charge in [0.2, 0.25) is 21.8 Å². The van der Waals surface area contributed by atoms with Crippen LogP contribution in [-0.4, -0.2) is 81.4 Å². The number of likely N-dealkylation sites (tertiary alicyclic amines) is 1. The molecule has 3 rings (SSSR count). The van der Waals surface area contributed by atoms with Crippen molar-refractivity contribution in [2.45, 2.75) is 19.8 Å². The standard InChI is InChI=1S/C19H31N5O4S.HI/c1-4-29(27,28)23(3)10-5-8-21-19(20-2)22-9-11-24-17(25)15-13-6-7-14(12-13)16(15)18(24)26;/h6-7,13-16H,4-5,8-12H2,1-3H3,(H2,20,21,22);1H. The third-order valence-electron chi connectivity index (χ3n) is 6.19. The molecule has 0 spiro atoms. The third-order valence-corrected chi connectivity index (χ3v) is 8.06. The fraction of sp³-hybridized carbons (Fsp3) is 0.737. The van der Waals surface area contributed by atoms with Gasteiger partial charge in [0.05, 0.1) is 17.6 Å². The van der Waals surface area contributed by atoms with E-state index >= 15 is 0 Å². The van der Waals surface area contributed by atoms with E-state index in [4.69, 9.17) is 0 Å². The summed E-state index contributed by atoms with van der Waals surface area (Å²) in [5.41, 5.74) is 0. The Morgan fingerprint density at radius 2 is 1.73 bits per heavy atom. The number of hydrogen-bond donors (Lipinski definition) is 2. The van der Waals surface area contributed by atoms with Crippen LogP contribution in [0.3, 0.4) is 0 Å². The van der Waals surface area contributed by atoms with E-state index in [0.717, 1.165) is 6.42 Å². The number of sulfonamides is 1. The molecule has 2 bridgehead atoms. The van der Waals surface area contributed by atoms with E-state index in [1.54, 1.807) is 21.0 Å². The molecule has 1 aliphatic heterocycles. The van der Waals surface area contributed by atoms with Crippen molar-refractivity contribution < 1.29 is 18.0 Å².